The van der Waals surface area contributed by atoms with Gasteiger partial charge in [0.05, 0.1) is 0 Å². The lowest BCUT2D eigenvalue weighted by molar-refractivity contribution is -0.107. The Morgan fingerprint density at radius 1 is 1.40 bits per heavy atom. The Bertz CT molecular complexity index is 366. The largest absolute Gasteiger partial charge is 0.490 e. The lowest BCUT2D eigenvalue weighted by Gasteiger charge is -2.02. The lowest BCUT2D eigenvalue weighted by atomic mass is 10.2. The van der Waals surface area contributed by atoms with Gasteiger partial charge in [0.2, 0.25) is 5.24 Å². The number of allylic oxidation sites excluding steroid dienone is 1. The van der Waals surface area contributed by atoms with Crippen molar-refractivity contribution in [3.63, 3.8) is 0 Å². The first-order valence-electron chi connectivity index (χ1n) is 4.43. The number of halogens is 1. The van der Waals surface area contributed by atoms with Crippen molar-refractivity contribution in [1.29, 1.82) is 0 Å². The summed E-state index contributed by atoms with van der Waals surface area (Å²) in [7, 11) is 0. The molecule has 0 unspecified atom stereocenters. The zero-order valence-corrected chi connectivity index (χ0v) is 8.91. The summed E-state index contributed by atoms with van der Waals surface area (Å²) in [5.74, 6) is 0.768. The molecule has 0 heterocycles. The monoisotopic (exact) mass is 222 g/mol. The van der Waals surface area contributed by atoms with Crippen LogP contribution in [0.3, 0.4) is 0 Å². The maximum absolute atomic E-state index is 10.5. The molecule has 2 nitrogen and oxygen atoms in total. The third-order valence-corrected chi connectivity index (χ3v) is 1.78. The minimum atomic E-state index is -0.484. The molecule has 0 aromatic heterocycles. The van der Waals surface area contributed by atoms with Gasteiger partial charge in [-0.25, -0.2) is 0 Å². The van der Waals surface area contributed by atoms with Crippen molar-refractivity contribution >= 4 is 22.9 Å². The summed E-state index contributed by atoms with van der Waals surface area (Å²) in [6.45, 7) is 4.04. The minimum absolute atomic E-state index is 0.481. The van der Waals surface area contributed by atoms with Gasteiger partial charge in [-0.05, 0) is 35.4 Å². The van der Waals surface area contributed by atoms with Gasteiger partial charge in [-0.3, -0.25) is 4.79 Å². The van der Waals surface area contributed by atoms with E-state index in [0.29, 0.717) is 6.61 Å². The minimum Gasteiger partial charge on any atom is -0.490 e. The van der Waals surface area contributed by atoms with Crippen LogP contribution >= 0.6 is 11.6 Å². The Morgan fingerprint density at radius 2 is 2.07 bits per heavy atom. The van der Waals surface area contributed by atoms with E-state index in [2.05, 4.69) is 6.58 Å². The van der Waals surface area contributed by atoms with Crippen molar-refractivity contribution in [2.45, 2.75) is 0 Å². The van der Waals surface area contributed by atoms with Crippen LogP contribution < -0.4 is 4.74 Å². The van der Waals surface area contributed by atoms with Gasteiger partial charge in [-0.1, -0.05) is 30.9 Å². The fourth-order valence-electron chi connectivity index (χ4n) is 0.992. The maximum Gasteiger partial charge on any atom is 0.245 e. The van der Waals surface area contributed by atoms with Gasteiger partial charge >= 0.3 is 0 Å². The van der Waals surface area contributed by atoms with E-state index in [9.17, 15) is 4.79 Å². The predicted octanol–water partition coefficient (Wildman–Crippen LogP) is 3.03. The number of ether oxygens (including phenoxy) is 1. The summed E-state index contributed by atoms with van der Waals surface area (Å²) < 4.78 is 5.30. The van der Waals surface area contributed by atoms with E-state index in [-0.39, 0.29) is 0 Å². The van der Waals surface area contributed by atoms with Crippen molar-refractivity contribution in [3.8, 4) is 5.75 Å². The molecule has 0 atom stereocenters. The van der Waals surface area contributed by atoms with Gasteiger partial charge in [0.25, 0.3) is 0 Å². The zero-order chi connectivity index (χ0) is 11.1. The summed E-state index contributed by atoms with van der Waals surface area (Å²) in [6, 6.07) is 7.33. The summed E-state index contributed by atoms with van der Waals surface area (Å²) in [6.07, 6.45) is 4.63. The highest BCUT2D eigenvalue weighted by Gasteiger charge is 1.92. The normalized spacial score (nSPS) is 10.2. The van der Waals surface area contributed by atoms with Crippen molar-refractivity contribution in [3.05, 3.63) is 48.6 Å². The van der Waals surface area contributed by atoms with Crippen LogP contribution in [0, 0.1) is 0 Å². The number of benzene rings is 1. The van der Waals surface area contributed by atoms with Crippen molar-refractivity contribution in [1.82, 2.24) is 0 Å². The molecule has 0 radical (unpaired) electrons. The van der Waals surface area contributed by atoms with E-state index in [4.69, 9.17) is 16.3 Å². The Balaban J connectivity index is 2.63. The molecule has 0 aliphatic heterocycles. The number of hydrogen-bond donors (Lipinski definition) is 0. The van der Waals surface area contributed by atoms with Crippen LogP contribution in [0.15, 0.2) is 43.0 Å². The van der Waals surface area contributed by atoms with Gasteiger partial charge in [0.1, 0.15) is 12.4 Å². The predicted molar refractivity (Wildman–Crippen MR) is 62.0 cm³/mol. The molecule has 1 rings (SSSR count). The fraction of sp³-hybridized carbons (Fsp3) is 0.0833. The van der Waals surface area contributed by atoms with E-state index in [1.807, 2.05) is 24.3 Å². The van der Waals surface area contributed by atoms with E-state index < -0.39 is 5.24 Å². The topological polar surface area (TPSA) is 26.3 Å². The Morgan fingerprint density at radius 3 is 2.60 bits per heavy atom. The summed E-state index contributed by atoms with van der Waals surface area (Å²) in [5, 5.41) is -0.484. The molecule has 0 aliphatic rings. The molecule has 0 amide bonds. The first-order valence-corrected chi connectivity index (χ1v) is 4.81. The molecular weight excluding hydrogens is 212 g/mol. The molecule has 0 N–H and O–H groups in total. The van der Waals surface area contributed by atoms with Gasteiger partial charge < -0.3 is 4.74 Å². The highest BCUT2D eigenvalue weighted by Crippen LogP contribution is 2.13. The van der Waals surface area contributed by atoms with E-state index in [1.54, 1.807) is 12.2 Å². The Labute approximate surface area is 93.8 Å². The number of carbonyl (C=O) groups excluding carboxylic acids is 1. The quantitative estimate of drug-likeness (QED) is 0.435. The summed E-state index contributed by atoms with van der Waals surface area (Å²) >= 11 is 5.17. The molecule has 0 saturated heterocycles. The SMILES string of the molecule is C=CCOc1ccc(C=CC(=O)Cl)cc1. The van der Waals surface area contributed by atoms with E-state index >= 15 is 0 Å². The highest BCUT2D eigenvalue weighted by atomic mass is 35.5. The van der Waals surface area contributed by atoms with Crippen LogP contribution in [-0.2, 0) is 4.79 Å². The molecular formula is C12H11ClO2. The van der Waals surface area contributed by atoms with Crippen LogP contribution in [0.2, 0.25) is 0 Å². The summed E-state index contributed by atoms with van der Waals surface area (Å²) in [5.41, 5.74) is 0.898. The average Bonchev–Trinajstić information content (AvgIpc) is 2.25. The van der Waals surface area contributed by atoms with Crippen LogP contribution in [0.1, 0.15) is 5.56 Å². The lowest BCUT2D eigenvalue weighted by Crippen LogP contribution is -1.91. The maximum atomic E-state index is 10.5. The second kappa shape index (κ2) is 6.04. The van der Waals surface area contributed by atoms with Gasteiger partial charge in [0.15, 0.2) is 0 Å². The molecule has 0 bridgehead atoms. The number of rotatable bonds is 5. The van der Waals surface area contributed by atoms with Crippen molar-refractivity contribution < 1.29 is 9.53 Å². The molecule has 0 spiro atoms. The molecule has 1 aromatic carbocycles. The zero-order valence-electron chi connectivity index (χ0n) is 8.15. The molecule has 1 aromatic rings. The van der Waals surface area contributed by atoms with E-state index in [1.165, 1.54) is 6.08 Å². The second-order valence-corrected chi connectivity index (χ2v) is 3.18. The number of hydrogen-bond acceptors (Lipinski definition) is 2. The van der Waals surface area contributed by atoms with Crippen LogP contribution in [0.25, 0.3) is 6.08 Å². The number of carbonyl (C=O) groups is 1. The standard InChI is InChI=1S/C12H11ClO2/c1-2-9-15-11-6-3-10(4-7-11)5-8-12(13)14/h2-8H,1,9H2. The molecule has 0 fully saturated rings. The molecule has 0 saturated carbocycles. The summed E-state index contributed by atoms with van der Waals surface area (Å²) in [4.78, 5) is 10.5. The third kappa shape index (κ3) is 4.47. The van der Waals surface area contributed by atoms with Crippen LogP contribution in [0.4, 0.5) is 0 Å². The van der Waals surface area contributed by atoms with Gasteiger partial charge in [-0.2, -0.15) is 0 Å². The molecule has 15 heavy (non-hydrogen) atoms. The molecule has 3 heteroatoms. The van der Waals surface area contributed by atoms with E-state index in [0.717, 1.165) is 11.3 Å². The van der Waals surface area contributed by atoms with Gasteiger partial charge in [-0.15, -0.1) is 0 Å². The third-order valence-electron chi connectivity index (χ3n) is 1.65. The van der Waals surface area contributed by atoms with Gasteiger partial charge in [0, 0.05) is 0 Å². The van der Waals surface area contributed by atoms with Crippen molar-refractivity contribution in [2.24, 2.45) is 0 Å². The Kier molecular flexibility index (Phi) is 4.64. The average molecular weight is 223 g/mol. The Hall–Kier alpha value is -1.54. The first kappa shape index (κ1) is 11.5. The van der Waals surface area contributed by atoms with Crippen LogP contribution in [-0.4, -0.2) is 11.8 Å². The first-order chi connectivity index (χ1) is 7.22. The van der Waals surface area contributed by atoms with Crippen LogP contribution in [0.5, 0.6) is 5.75 Å². The molecule has 78 valence electrons. The highest BCUT2D eigenvalue weighted by molar-refractivity contribution is 6.66. The van der Waals surface area contributed by atoms with Crippen molar-refractivity contribution in [2.75, 3.05) is 6.61 Å². The fourth-order valence-corrected chi connectivity index (χ4v) is 1.06. The second-order valence-electron chi connectivity index (χ2n) is 2.81. The smallest absolute Gasteiger partial charge is 0.245 e. The molecule has 0 aliphatic carbocycles.